The lowest BCUT2D eigenvalue weighted by molar-refractivity contribution is 0.0483. The predicted molar refractivity (Wildman–Crippen MR) is 120 cm³/mol. The molecule has 0 bridgehead atoms. The van der Waals surface area contributed by atoms with Crippen LogP contribution in [0.4, 0.5) is 4.79 Å². The minimum atomic E-state index is -0.531. The fourth-order valence-corrected chi connectivity index (χ4v) is 2.72. The lowest BCUT2D eigenvalue weighted by atomic mass is 10.1. The van der Waals surface area contributed by atoms with Gasteiger partial charge in [0.1, 0.15) is 5.60 Å². The summed E-state index contributed by atoms with van der Waals surface area (Å²) in [6, 6.07) is 19.7. The van der Waals surface area contributed by atoms with Gasteiger partial charge in [0.15, 0.2) is 0 Å². The van der Waals surface area contributed by atoms with E-state index < -0.39 is 11.7 Å². The van der Waals surface area contributed by atoms with Crippen LogP contribution in [0.15, 0.2) is 60.7 Å². The molecule has 0 fully saturated rings. The summed E-state index contributed by atoms with van der Waals surface area (Å²) in [6.45, 7) is 5.91. The number of hydrogen-bond acceptors (Lipinski definition) is 5. The number of amides is 1. The summed E-state index contributed by atoms with van der Waals surface area (Å²) in [6.07, 6.45) is 0.961. The molecule has 166 valence electrons. The zero-order chi connectivity index (χ0) is 22.4. The van der Waals surface area contributed by atoms with Gasteiger partial charge in [-0.3, -0.25) is 0 Å². The predicted octanol–water partition coefficient (Wildman–Crippen LogP) is 3.32. The van der Waals surface area contributed by atoms with Crippen molar-refractivity contribution in [2.75, 3.05) is 20.3 Å². The maximum absolute atomic E-state index is 11.6. The second kappa shape index (κ2) is 13.7. The maximum Gasteiger partial charge on any atom is 0.407 e. The molecular formula is C24H36N2O4. The second-order valence-corrected chi connectivity index (χ2v) is 8.12. The number of hydrogen-bond donors (Lipinski definition) is 3. The highest BCUT2D eigenvalue weighted by Gasteiger charge is 2.19. The summed E-state index contributed by atoms with van der Waals surface area (Å²) in [5.74, 6) is 0. The lowest BCUT2D eigenvalue weighted by Crippen LogP contribution is -2.42. The molecule has 2 rings (SSSR count). The normalized spacial score (nSPS) is 12.9. The van der Waals surface area contributed by atoms with E-state index in [-0.39, 0.29) is 18.7 Å². The first-order chi connectivity index (χ1) is 14.2. The summed E-state index contributed by atoms with van der Waals surface area (Å²) < 4.78 is 10.1. The average Bonchev–Trinajstić information content (AvgIpc) is 2.68. The number of nitrogens with one attached hydrogen (secondary N) is 1. The summed E-state index contributed by atoms with van der Waals surface area (Å²) in [4.78, 5) is 11.6. The molecule has 30 heavy (non-hydrogen) atoms. The van der Waals surface area contributed by atoms with Crippen LogP contribution in [-0.4, -0.2) is 49.2 Å². The average molecular weight is 417 g/mol. The molecule has 6 heteroatoms. The van der Waals surface area contributed by atoms with Gasteiger partial charge in [0.05, 0.1) is 19.3 Å². The van der Waals surface area contributed by atoms with E-state index in [0.29, 0.717) is 13.0 Å². The van der Waals surface area contributed by atoms with E-state index >= 15 is 0 Å². The minimum Gasteiger partial charge on any atom is -0.444 e. The molecular weight excluding hydrogens is 380 g/mol. The Morgan fingerprint density at radius 3 is 1.93 bits per heavy atom. The Bertz CT molecular complexity index is 702. The third-order valence-corrected chi connectivity index (χ3v) is 3.99. The topological polar surface area (TPSA) is 93.8 Å². The molecule has 1 amide bonds. The smallest absolute Gasteiger partial charge is 0.407 e. The number of nitrogens with two attached hydrogens (primary N) is 1. The Hall–Kier alpha value is -2.41. The highest BCUT2D eigenvalue weighted by molar-refractivity contribution is 5.68. The monoisotopic (exact) mass is 416 g/mol. The van der Waals surface area contributed by atoms with E-state index in [1.54, 1.807) is 27.9 Å². The van der Waals surface area contributed by atoms with Crippen LogP contribution in [-0.2, 0) is 22.3 Å². The molecule has 0 saturated carbocycles. The van der Waals surface area contributed by atoms with Gasteiger partial charge in [-0.05, 0) is 44.7 Å². The first kappa shape index (κ1) is 25.6. The van der Waals surface area contributed by atoms with E-state index in [4.69, 9.17) is 15.2 Å². The van der Waals surface area contributed by atoms with Gasteiger partial charge in [0.25, 0.3) is 0 Å². The second-order valence-electron chi connectivity index (χ2n) is 8.12. The van der Waals surface area contributed by atoms with Crippen LogP contribution in [0.1, 0.15) is 31.9 Å². The number of aliphatic hydroxyl groups is 1. The minimum absolute atomic E-state index is 0.109. The lowest BCUT2D eigenvalue weighted by Gasteiger charge is -2.22. The third kappa shape index (κ3) is 12.2. The molecule has 2 aromatic rings. The number of ether oxygens (including phenoxy) is 2. The van der Waals surface area contributed by atoms with E-state index in [1.807, 2.05) is 48.5 Å². The molecule has 0 aliphatic rings. The fourth-order valence-electron chi connectivity index (χ4n) is 2.72. The molecule has 0 aliphatic heterocycles. The van der Waals surface area contributed by atoms with Crippen molar-refractivity contribution in [1.82, 2.24) is 5.32 Å². The Balaban J connectivity index is 0.000000325. The number of rotatable bonds is 8. The molecule has 0 radical (unpaired) electrons. The molecule has 6 nitrogen and oxygen atoms in total. The summed E-state index contributed by atoms with van der Waals surface area (Å²) >= 11 is 0. The third-order valence-electron chi connectivity index (χ3n) is 3.99. The molecule has 0 aliphatic carbocycles. The Morgan fingerprint density at radius 2 is 1.50 bits per heavy atom. The largest absolute Gasteiger partial charge is 0.444 e. The number of benzene rings is 2. The van der Waals surface area contributed by atoms with Gasteiger partial charge in [0, 0.05) is 13.2 Å². The summed E-state index contributed by atoms with van der Waals surface area (Å²) in [5, 5.41) is 11.9. The van der Waals surface area contributed by atoms with Crippen LogP contribution in [0.25, 0.3) is 0 Å². The van der Waals surface area contributed by atoms with Crippen molar-refractivity contribution < 1.29 is 19.4 Å². The molecule has 0 aromatic heterocycles. The van der Waals surface area contributed by atoms with Crippen LogP contribution in [0.5, 0.6) is 0 Å². The molecule has 0 unspecified atom stereocenters. The quantitative estimate of drug-likeness (QED) is 0.614. The van der Waals surface area contributed by atoms with Crippen LogP contribution in [0, 0.1) is 0 Å². The van der Waals surface area contributed by atoms with Gasteiger partial charge >= 0.3 is 6.09 Å². The molecule has 2 atom stereocenters. The summed E-state index contributed by atoms with van der Waals surface area (Å²) in [5.41, 5.74) is 7.59. The standard InChI is InChI=1S/C14H21NO3.C10H15NO/c1-14(2,3)18-13(17)15-12(10-16)9-11-7-5-4-6-8-11;1-12-8-10(11)7-9-5-3-2-4-6-9/h4-8,12,16H,9-10H2,1-3H3,(H,15,17);2-6,10H,7-8,11H2,1H3/t12-;10-/m11/s1. The van der Waals surface area contributed by atoms with E-state index in [9.17, 15) is 9.90 Å². The summed E-state index contributed by atoms with van der Waals surface area (Å²) in [7, 11) is 1.67. The fraction of sp³-hybridized carbons (Fsp3) is 0.458. The van der Waals surface area contributed by atoms with Gasteiger partial charge in [-0.1, -0.05) is 60.7 Å². The van der Waals surface area contributed by atoms with E-state index in [1.165, 1.54) is 5.56 Å². The van der Waals surface area contributed by atoms with Gasteiger partial charge in [-0.25, -0.2) is 4.79 Å². The van der Waals surface area contributed by atoms with Gasteiger partial charge in [-0.15, -0.1) is 0 Å². The van der Waals surface area contributed by atoms with Crippen molar-refractivity contribution in [2.45, 2.75) is 51.3 Å². The number of aliphatic hydroxyl groups excluding tert-OH is 1. The van der Waals surface area contributed by atoms with Crippen LogP contribution >= 0.6 is 0 Å². The first-order valence-electron chi connectivity index (χ1n) is 10.2. The zero-order valence-corrected chi connectivity index (χ0v) is 18.5. The molecule has 0 spiro atoms. The van der Waals surface area contributed by atoms with Crippen LogP contribution in [0.3, 0.4) is 0 Å². The Labute approximate surface area is 180 Å². The van der Waals surface area contributed by atoms with Crippen molar-refractivity contribution in [3.05, 3.63) is 71.8 Å². The molecule has 0 heterocycles. The Morgan fingerprint density at radius 1 is 1.00 bits per heavy atom. The highest BCUT2D eigenvalue weighted by atomic mass is 16.6. The number of methoxy groups -OCH3 is 1. The molecule has 4 N–H and O–H groups in total. The Kier molecular flexibility index (Phi) is 11.7. The van der Waals surface area contributed by atoms with Gasteiger partial charge in [0.2, 0.25) is 0 Å². The van der Waals surface area contributed by atoms with Crippen molar-refractivity contribution in [2.24, 2.45) is 5.73 Å². The SMILES string of the molecule is CC(C)(C)OC(=O)N[C@@H](CO)Cc1ccccc1.COC[C@H](N)Cc1ccccc1. The van der Waals surface area contributed by atoms with Gasteiger partial charge < -0.3 is 25.6 Å². The number of alkyl carbamates (subject to hydrolysis) is 1. The zero-order valence-electron chi connectivity index (χ0n) is 18.5. The van der Waals surface area contributed by atoms with Crippen molar-refractivity contribution >= 4 is 6.09 Å². The van der Waals surface area contributed by atoms with Crippen molar-refractivity contribution in [3.8, 4) is 0 Å². The van der Waals surface area contributed by atoms with Crippen LogP contribution < -0.4 is 11.1 Å². The van der Waals surface area contributed by atoms with Crippen molar-refractivity contribution in [1.29, 1.82) is 0 Å². The van der Waals surface area contributed by atoms with Gasteiger partial charge in [-0.2, -0.15) is 0 Å². The molecule has 0 saturated heterocycles. The number of carbonyl (C=O) groups excluding carboxylic acids is 1. The number of carbonyl (C=O) groups is 1. The highest BCUT2D eigenvalue weighted by Crippen LogP contribution is 2.08. The first-order valence-corrected chi connectivity index (χ1v) is 10.2. The van der Waals surface area contributed by atoms with E-state index in [2.05, 4.69) is 17.4 Å². The van der Waals surface area contributed by atoms with Crippen LogP contribution in [0.2, 0.25) is 0 Å². The molecule has 2 aromatic carbocycles. The van der Waals surface area contributed by atoms with E-state index in [0.717, 1.165) is 12.0 Å². The maximum atomic E-state index is 11.6. The van der Waals surface area contributed by atoms with Crippen molar-refractivity contribution in [3.63, 3.8) is 0 Å².